The summed E-state index contributed by atoms with van der Waals surface area (Å²) in [7, 11) is 0. The summed E-state index contributed by atoms with van der Waals surface area (Å²) in [6.45, 7) is 6.71. The van der Waals surface area contributed by atoms with E-state index in [2.05, 4.69) is 38.3 Å². The number of primary amides is 1. The summed E-state index contributed by atoms with van der Waals surface area (Å²) in [5, 5.41) is 8.51. The second kappa shape index (κ2) is 11.2. The van der Waals surface area contributed by atoms with Crippen LogP contribution in [0.3, 0.4) is 0 Å². The molecule has 1 aliphatic heterocycles. The summed E-state index contributed by atoms with van der Waals surface area (Å²) < 4.78 is 14.7. The molecule has 2 heterocycles. The lowest BCUT2D eigenvalue weighted by molar-refractivity contribution is -0.115. The molecule has 35 heavy (non-hydrogen) atoms. The Labute approximate surface area is 217 Å². The molecule has 0 saturated heterocycles. The molecule has 0 bridgehead atoms. The van der Waals surface area contributed by atoms with Crippen molar-refractivity contribution in [3.05, 3.63) is 69.3 Å². The molecule has 8 nitrogen and oxygen atoms in total. The molecule has 3 N–H and O–H groups in total. The van der Waals surface area contributed by atoms with Crippen molar-refractivity contribution in [3.8, 4) is 11.5 Å². The smallest absolute Gasteiger partial charge is 0.248 e. The van der Waals surface area contributed by atoms with Gasteiger partial charge in [-0.25, -0.2) is 4.68 Å². The number of nitrogens with one attached hydrogen (secondary N) is 1. The van der Waals surface area contributed by atoms with Crippen LogP contribution in [0.15, 0.2) is 63.4 Å². The summed E-state index contributed by atoms with van der Waals surface area (Å²) in [6, 6.07) is 13.1. The third kappa shape index (κ3) is 5.65. The van der Waals surface area contributed by atoms with E-state index in [0.29, 0.717) is 47.1 Å². The summed E-state index contributed by atoms with van der Waals surface area (Å²) in [6.07, 6.45) is 1.01. The number of ether oxygens (including phenoxy) is 2. The van der Waals surface area contributed by atoms with Crippen LogP contribution < -0.4 is 20.5 Å². The number of rotatable bonds is 10. The summed E-state index contributed by atoms with van der Waals surface area (Å²) in [5.41, 5.74) is 8.74. The first kappa shape index (κ1) is 25.1. The van der Waals surface area contributed by atoms with Gasteiger partial charge in [0.15, 0.2) is 11.5 Å². The van der Waals surface area contributed by atoms with Gasteiger partial charge in [0.2, 0.25) is 17.0 Å². The predicted molar refractivity (Wildman–Crippen MR) is 141 cm³/mol. The average molecular weight is 559 g/mol. The minimum Gasteiger partial charge on any atom is -0.490 e. The largest absolute Gasteiger partial charge is 0.490 e. The Morgan fingerprint density at radius 3 is 2.63 bits per heavy atom. The molecular weight excluding hydrogens is 530 g/mol. The number of amides is 1. The van der Waals surface area contributed by atoms with Gasteiger partial charge in [-0.1, -0.05) is 52.8 Å². The van der Waals surface area contributed by atoms with Crippen molar-refractivity contribution in [1.82, 2.24) is 14.8 Å². The minimum atomic E-state index is -0.535. The number of fused-ring (bicyclic) bond motifs is 1. The van der Waals surface area contributed by atoms with Gasteiger partial charge in [0, 0.05) is 15.9 Å². The highest BCUT2D eigenvalue weighted by Gasteiger charge is 2.34. The van der Waals surface area contributed by atoms with Gasteiger partial charge in [0.05, 0.1) is 12.2 Å². The van der Waals surface area contributed by atoms with E-state index in [0.717, 1.165) is 27.8 Å². The molecule has 2 aromatic carbocycles. The lowest BCUT2D eigenvalue weighted by Crippen LogP contribution is -2.31. The fourth-order valence-corrected chi connectivity index (χ4v) is 4.79. The van der Waals surface area contributed by atoms with Gasteiger partial charge in [-0.3, -0.25) is 4.79 Å². The average Bonchev–Trinajstić information content (AvgIpc) is 3.24. The molecule has 0 saturated carbocycles. The number of carbonyl (C=O) groups is 1. The molecule has 1 unspecified atom stereocenters. The van der Waals surface area contributed by atoms with E-state index in [4.69, 9.17) is 15.2 Å². The predicted octanol–water partition coefficient (Wildman–Crippen LogP) is 5.29. The number of nitrogens with two attached hydrogens (primary N) is 1. The van der Waals surface area contributed by atoms with Crippen molar-refractivity contribution in [1.29, 1.82) is 0 Å². The molecule has 1 aromatic heterocycles. The van der Waals surface area contributed by atoms with Crippen molar-refractivity contribution in [2.75, 3.05) is 17.7 Å². The second-order valence-corrected chi connectivity index (χ2v) is 9.97. The van der Waals surface area contributed by atoms with Crippen LogP contribution in [-0.2, 0) is 11.4 Å². The van der Waals surface area contributed by atoms with Gasteiger partial charge < -0.3 is 20.5 Å². The zero-order valence-corrected chi connectivity index (χ0v) is 22.3. The maximum atomic E-state index is 12.5. The maximum Gasteiger partial charge on any atom is 0.248 e. The Morgan fingerprint density at radius 1 is 1.17 bits per heavy atom. The molecule has 0 fully saturated rings. The number of hydrogen-bond acceptors (Lipinski definition) is 7. The Balaban J connectivity index is 1.69. The fourth-order valence-electron chi connectivity index (χ4n) is 3.84. The zero-order chi connectivity index (χ0) is 24.9. The van der Waals surface area contributed by atoms with E-state index in [-0.39, 0.29) is 0 Å². The highest BCUT2D eigenvalue weighted by atomic mass is 79.9. The number of thioether (sulfide) groups is 1. The molecule has 4 rings (SSSR count). The van der Waals surface area contributed by atoms with E-state index < -0.39 is 11.9 Å². The van der Waals surface area contributed by atoms with Gasteiger partial charge in [-0.2, -0.15) is 4.98 Å². The van der Waals surface area contributed by atoms with Gasteiger partial charge in [0.25, 0.3) is 0 Å². The number of allylic oxidation sites excluding steroid dienone is 1. The molecule has 0 spiro atoms. The first-order chi connectivity index (χ1) is 16.9. The quantitative estimate of drug-likeness (QED) is 0.326. The molecule has 1 aliphatic rings. The first-order valence-corrected chi connectivity index (χ1v) is 13.2. The van der Waals surface area contributed by atoms with E-state index >= 15 is 0 Å². The lowest BCUT2D eigenvalue weighted by atomic mass is 9.95. The number of aromatic nitrogens is 3. The molecule has 1 amide bonds. The van der Waals surface area contributed by atoms with Crippen molar-refractivity contribution in [2.24, 2.45) is 5.73 Å². The van der Waals surface area contributed by atoms with Gasteiger partial charge in [0.1, 0.15) is 12.6 Å². The summed E-state index contributed by atoms with van der Waals surface area (Å²) in [5.74, 6) is 2.17. The van der Waals surface area contributed by atoms with Crippen LogP contribution in [0.2, 0.25) is 0 Å². The van der Waals surface area contributed by atoms with Crippen molar-refractivity contribution in [2.45, 2.75) is 45.0 Å². The van der Waals surface area contributed by atoms with E-state index in [1.807, 2.05) is 56.3 Å². The summed E-state index contributed by atoms with van der Waals surface area (Å²) in [4.78, 5) is 17.1. The number of benzene rings is 2. The normalized spacial score (nSPS) is 14.9. The Morgan fingerprint density at radius 2 is 1.94 bits per heavy atom. The van der Waals surface area contributed by atoms with Gasteiger partial charge in [-0.05, 0) is 55.7 Å². The lowest BCUT2D eigenvalue weighted by Gasteiger charge is -2.28. The third-order valence-corrected chi connectivity index (χ3v) is 7.00. The Bertz CT molecular complexity index is 1240. The van der Waals surface area contributed by atoms with Gasteiger partial charge >= 0.3 is 0 Å². The number of hydrogen-bond donors (Lipinski definition) is 2. The highest BCUT2D eigenvalue weighted by Crippen LogP contribution is 2.39. The monoisotopic (exact) mass is 557 g/mol. The van der Waals surface area contributed by atoms with Gasteiger partial charge in [-0.15, -0.1) is 5.10 Å². The standard InChI is InChI=1S/C25H28BrN5O3S/c1-4-12-35-25-29-24-28-15(3)21(23(27)32)22(31(24)30-25)17-8-11-19(20(13-17)33-5-2)34-14-16-6-9-18(26)10-7-16/h6-11,13,22H,4-5,12,14H2,1-3H3,(H2,27,32)(H,28,29,30). The molecule has 184 valence electrons. The number of halogens is 1. The molecule has 10 heteroatoms. The molecule has 3 aromatic rings. The van der Waals surface area contributed by atoms with E-state index in [9.17, 15) is 4.79 Å². The Hall–Kier alpha value is -2.98. The Kier molecular flexibility index (Phi) is 8.02. The minimum absolute atomic E-state index is 0.400. The van der Waals surface area contributed by atoms with Crippen LogP contribution in [0.4, 0.5) is 5.95 Å². The molecule has 1 atom stereocenters. The van der Waals surface area contributed by atoms with Crippen molar-refractivity contribution < 1.29 is 14.3 Å². The fraction of sp³-hybridized carbons (Fsp3) is 0.320. The van der Waals surface area contributed by atoms with Crippen LogP contribution in [0.25, 0.3) is 0 Å². The van der Waals surface area contributed by atoms with Crippen LogP contribution in [0.5, 0.6) is 11.5 Å². The third-order valence-electron chi connectivity index (χ3n) is 5.42. The van der Waals surface area contributed by atoms with Crippen molar-refractivity contribution in [3.63, 3.8) is 0 Å². The number of nitrogens with zero attached hydrogens (tertiary/aromatic N) is 3. The molecule has 0 aliphatic carbocycles. The summed E-state index contributed by atoms with van der Waals surface area (Å²) >= 11 is 5.02. The highest BCUT2D eigenvalue weighted by molar-refractivity contribution is 9.10. The second-order valence-electron chi connectivity index (χ2n) is 8.00. The van der Waals surface area contributed by atoms with E-state index in [1.165, 1.54) is 0 Å². The van der Waals surface area contributed by atoms with Crippen molar-refractivity contribution >= 4 is 39.5 Å². The van der Waals surface area contributed by atoms with E-state index in [1.54, 1.807) is 16.4 Å². The molecule has 0 radical (unpaired) electrons. The first-order valence-electron chi connectivity index (χ1n) is 11.4. The van der Waals surface area contributed by atoms with Crippen LogP contribution in [0.1, 0.15) is 44.4 Å². The number of carbonyl (C=O) groups excluding carboxylic acids is 1. The maximum absolute atomic E-state index is 12.5. The van der Waals surface area contributed by atoms with Crippen LogP contribution >= 0.6 is 27.7 Å². The SMILES string of the molecule is CCCSc1nc2n(n1)C(c1ccc(OCc3ccc(Br)cc3)c(OCC)c1)C(C(N)=O)=C(C)N2. The zero-order valence-electron chi connectivity index (χ0n) is 19.9. The number of anilines is 1. The molecular formula is C25H28BrN5O3S. The van der Waals surface area contributed by atoms with Crippen LogP contribution in [0, 0.1) is 0 Å². The topological polar surface area (TPSA) is 104 Å². The van der Waals surface area contributed by atoms with Crippen LogP contribution in [-0.4, -0.2) is 33.0 Å².